The molecule has 0 radical (unpaired) electrons. The normalized spacial score (nSPS) is 19.6. The highest BCUT2D eigenvalue weighted by Gasteiger charge is 2.37. The molecule has 1 aromatic carbocycles. The number of rotatable bonds is 10. The first-order chi connectivity index (χ1) is 19.7. The number of anilines is 3. The van der Waals surface area contributed by atoms with Crippen LogP contribution >= 0.6 is 11.6 Å². The van der Waals surface area contributed by atoms with Gasteiger partial charge in [-0.15, -0.1) is 0 Å². The van der Waals surface area contributed by atoms with Crippen LogP contribution in [0.5, 0.6) is 5.75 Å². The quantitative estimate of drug-likeness (QED) is 0.344. The summed E-state index contributed by atoms with van der Waals surface area (Å²) in [5, 5.41) is 10.1. The molecule has 2 aliphatic rings. The highest BCUT2D eigenvalue weighted by Crippen LogP contribution is 2.38. The van der Waals surface area contributed by atoms with Crippen LogP contribution in [0.25, 0.3) is 0 Å². The number of ether oxygens (including phenoxy) is 2. The van der Waals surface area contributed by atoms with Crippen molar-refractivity contribution in [3.63, 3.8) is 0 Å². The van der Waals surface area contributed by atoms with Crippen molar-refractivity contribution >= 4 is 40.9 Å². The van der Waals surface area contributed by atoms with E-state index in [9.17, 15) is 9.59 Å². The maximum absolute atomic E-state index is 12.9. The van der Waals surface area contributed by atoms with Gasteiger partial charge in [0.05, 0.1) is 36.9 Å². The fraction of sp³-hybridized carbons (Fsp3) is 0.600. The first-order valence-electron chi connectivity index (χ1n) is 14.6. The summed E-state index contributed by atoms with van der Waals surface area (Å²) in [5.74, 6) is 0.709. The molecule has 0 bridgehead atoms. The second-order valence-corrected chi connectivity index (χ2v) is 11.6. The molecule has 41 heavy (non-hydrogen) atoms. The summed E-state index contributed by atoms with van der Waals surface area (Å²) in [6, 6.07) is 4.24. The summed E-state index contributed by atoms with van der Waals surface area (Å²) < 4.78 is 11.3. The number of nitrogens with one attached hydrogen (secondary N) is 3. The van der Waals surface area contributed by atoms with Gasteiger partial charge in [-0.25, -0.2) is 4.98 Å². The molecule has 2 fully saturated rings. The summed E-state index contributed by atoms with van der Waals surface area (Å²) in [4.78, 5) is 36.5. The van der Waals surface area contributed by atoms with Gasteiger partial charge in [0.1, 0.15) is 10.8 Å². The molecular formula is C30H43ClN6O4. The lowest BCUT2D eigenvalue weighted by Gasteiger charge is -2.37. The molecule has 0 spiro atoms. The van der Waals surface area contributed by atoms with Crippen molar-refractivity contribution in [2.24, 2.45) is 11.8 Å². The van der Waals surface area contributed by atoms with Gasteiger partial charge >= 0.3 is 5.97 Å². The van der Waals surface area contributed by atoms with Crippen LogP contribution in [0.2, 0.25) is 5.02 Å². The van der Waals surface area contributed by atoms with Crippen molar-refractivity contribution in [3.05, 3.63) is 34.5 Å². The van der Waals surface area contributed by atoms with E-state index in [0.717, 1.165) is 43.8 Å². The number of aryl methyl sites for hydroxylation is 1. The van der Waals surface area contributed by atoms with Crippen LogP contribution < -0.4 is 25.6 Å². The van der Waals surface area contributed by atoms with Gasteiger partial charge in [0, 0.05) is 19.6 Å². The zero-order valence-electron chi connectivity index (χ0n) is 24.8. The van der Waals surface area contributed by atoms with Crippen molar-refractivity contribution in [2.45, 2.75) is 65.4 Å². The minimum atomic E-state index is -0.482. The molecule has 3 N–H and O–H groups in total. The van der Waals surface area contributed by atoms with Gasteiger partial charge in [0.2, 0.25) is 11.9 Å². The van der Waals surface area contributed by atoms with Crippen molar-refractivity contribution in [1.29, 1.82) is 0 Å². The van der Waals surface area contributed by atoms with E-state index in [0.29, 0.717) is 48.8 Å². The third-order valence-electron chi connectivity index (χ3n) is 7.69. The molecule has 2 aromatic rings. The third-order valence-corrected chi connectivity index (χ3v) is 7.95. The number of methoxy groups -OCH3 is 1. The molecule has 2 aliphatic heterocycles. The maximum Gasteiger partial charge on any atom is 0.310 e. The molecule has 1 amide bonds. The Morgan fingerprint density at radius 2 is 1.93 bits per heavy atom. The predicted octanol–water partition coefficient (Wildman–Crippen LogP) is 4.58. The van der Waals surface area contributed by atoms with Gasteiger partial charge in [-0.05, 0) is 88.7 Å². The van der Waals surface area contributed by atoms with Gasteiger partial charge < -0.3 is 30.3 Å². The number of hydrogen-bond acceptors (Lipinski definition) is 9. The molecule has 10 nitrogen and oxygen atoms in total. The van der Waals surface area contributed by atoms with Crippen LogP contribution in [0.4, 0.5) is 17.5 Å². The van der Waals surface area contributed by atoms with Crippen molar-refractivity contribution in [1.82, 2.24) is 20.6 Å². The molecule has 3 heterocycles. The van der Waals surface area contributed by atoms with Gasteiger partial charge in [0.25, 0.3) is 0 Å². The van der Waals surface area contributed by atoms with E-state index in [4.69, 9.17) is 26.1 Å². The van der Waals surface area contributed by atoms with E-state index in [2.05, 4.69) is 40.0 Å². The van der Waals surface area contributed by atoms with Crippen LogP contribution in [0, 0.1) is 18.8 Å². The molecule has 2 atom stereocenters. The fourth-order valence-electron chi connectivity index (χ4n) is 5.68. The van der Waals surface area contributed by atoms with Gasteiger partial charge in [-0.2, -0.15) is 4.98 Å². The number of carbonyl (C=O) groups excluding carboxylic acids is 2. The second-order valence-electron chi connectivity index (χ2n) is 11.2. The Bertz CT molecular complexity index is 1220. The fourth-order valence-corrected chi connectivity index (χ4v) is 5.89. The standard InChI is InChI=1S/C30H43ClN6O4/c1-6-9-33-28(38)21-13-22(29(39)40-5)17-37(16-21)27-24(31)15-34-30(36-27)35-25-12-19(4)23(14-26(25)41-18(2)3)20-7-10-32-11-8-20/h12,14-15,18,20-22,32H,6-11,13,16-17H2,1-5H3,(H,33,38)(H,34,35,36)/t21-,22+/m1/s1. The van der Waals surface area contributed by atoms with E-state index < -0.39 is 11.8 Å². The Kier molecular flexibility index (Phi) is 10.7. The largest absolute Gasteiger partial charge is 0.489 e. The number of hydrogen-bond donors (Lipinski definition) is 3. The van der Waals surface area contributed by atoms with Crippen molar-refractivity contribution < 1.29 is 19.1 Å². The summed E-state index contributed by atoms with van der Waals surface area (Å²) in [7, 11) is 1.36. The first kappa shape index (κ1) is 30.8. The minimum absolute atomic E-state index is 0.0137. The smallest absolute Gasteiger partial charge is 0.310 e. The Labute approximate surface area is 247 Å². The zero-order chi connectivity index (χ0) is 29.5. The Hall–Kier alpha value is -3.11. The Balaban J connectivity index is 1.62. The van der Waals surface area contributed by atoms with E-state index in [1.54, 1.807) is 6.20 Å². The minimum Gasteiger partial charge on any atom is -0.489 e. The maximum atomic E-state index is 12.9. The van der Waals surface area contributed by atoms with Crippen LogP contribution in [0.1, 0.15) is 63.5 Å². The monoisotopic (exact) mass is 586 g/mol. The topological polar surface area (TPSA) is 118 Å². The van der Waals surface area contributed by atoms with E-state index in [1.165, 1.54) is 18.2 Å². The summed E-state index contributed by atoms with van der Waals surface area (Å²) in [6.45, 7) is 11.5. The molecule has 11 heteroatoms. The number of carbonyl (C=O) groups is 2. The first-order valence-corrected chi connectivity index (χ1v) is 15.0. The lowest BCUT2D eigenvalue weighted by molar-refractivity contribution is -0.146. The van der Waals surface area contributed by atoms with Crippen LogP contribution in [-0.4, -0.2) is 67.8 Å². The number of amides is 1. The molecule has 4 rings (SSSR count). The van der Waals surface area contributed by atoms with Crippen LogP contribution in [-0.2, 0) is 14.3 Å². The SMILES string of the molecule is CCCNC(=O)[C@@H]1C[C@H](C(=O)OC)CN(c2nc(Nc3cc(C)c(C4CCNCC4)cc3OC(C)C)ncc2Cl)C1. The number of nitrogens with zero attached hydrogens (tertiary/aromatic N) is 3. The predicted molar refractivity (Wildman–Crippen MR) is 161 cm³/mol. The van der Waals surface area contributed by atoms with E-state index in [1.807, 2.05) is 25.7 Å². The average molecular weight is 587 g/mol. The van der Waals surface area contributed by atoms with Crippen LogP contribution in [0.15, 0.2) is 18.3 Å². The molecule has 2 saturated heterocycles. The highest BCUT2D eigenvalue weighted by molar-refractivity contribution is 6.32. The molecule has 1 aromatic heterocycles. The van der Waals surface area contributed by atoms with Gasteiger partial charge in [0.15, 0.2) is 5.82 Å². The number of aromatic nitrogens is 2. The third kappa shape index (κ3) is 7.80. The number of benzene rings is 1. The van der Waals surface area contributed by atoms with Crippen molar-refractivity contribution in [2.75, 3.05) is 50.1 Å². The summed E-state index contributed by atoms with van der Waals surface area (Å²) in [5.41, 5.74) is 3.26. The lowest BCUT2D eigenvalue weighted by atomic mass is 9.87. The molecule has 0 unspecified atom stereocenters. The number of piperidine rings is 2. The molecule has 0 aliphatic carbocycles. The number of halogens is 1. The van der Waals surface area contributed by atoms with Gasteiger partial charge in [-0.1, -0.05) is 18.5 Å². The summed E-state index contributed by atoms with van der Waals surface area (Å²) in [6.07, 6.45) is 4.96. The van der Waals surface area contributed by atoms with E-state index >= 15 is 0 Å². The average Bonchev–Trinajstić information content (AvgIpc) is 2.97. The zero-order valence-corrected chi connectivity index (χ0v) is 25.5. The van der Waals surface area contributed by atoms with Crippen LogP contribution in [0.3, 0.4) is 0 Å². The Morgan fingerprint density at radius 3 is 2.61 bits per heavy atom. The second kappa shape index (κ2) is 14.2. The van der Waals surface area contributed by atoms with E-state index in [-0.39, 0.29) is 18.0 Å². The lowest BCUT2D eigenvalue weighted by Crippen LogP contribution is -2.49. The summed E-state index contributed by atoms with van der Waals surface area (Å²) >= 11 is 6.60. The highest BCUT2D eigenvalue weighted by atomic mass is 35.5. The molecule has 224 valence electrons. The van der Waals surface area contributed by atoms with Gasteiger partial charge in [-0.3, -0.25) is 9.59 Å². The molecule has 0 saturated carbocycles. The number of esters is 1. The molecular weight excluding hydrogens is 544 g/mol. The van der Waals surface area contributed by atoms with Crippen molar-refractivity contribution in [3.8, 4) is 5.75 Å². The Morgan fingerprint density at radius 1 is 1.20 bits per heavy atom.